The molecule has 0 amide bonds. The Morgan fingerprint density at radius 3 is 2.81 bits per heavy atom. The quantitative estimate of drug-likeness (QED) is 0.625. The smallest absolute Gasteiger partial charge is 0.203 e. The van der Waals surface area contributed by atoms with Crippen LogP contribution in [0.3, 0.4) is 0 Å². The van der Waals surface area contributed by atoms with E-state index in [0.29, 0.717) is 0 Å². The molecule has 0 unspecified atom stereocenters. The molecule has 0 saturated carbocycles. The summed E-state index contributed by atoms with van der Waals surface area (Å²) in [6, 6.07) is 16.2. The van der Waals surface area contributed by atoms with Crippen molar-refractivity contribution in [3.63, 3.8) is 0 Å². The van der Waals surface area contributed by atoms with Crippen molar-refractivity contribution in [2.45, 2.75) is 12.2 Å². The van der Waals surface area contributed by atoms with Gasteiger partial charge in [0, 0.05) is 16.2 Å². The van der Waals surface area contributed by atoms with Crippen LogP contribution in [-0.2, 0) is 12.2 Å². The van der Waals surface area contributed by atoms with Gasteiger partial charge in [-0.2, -0.15) is 11.8 Å². The average Bonchev–Trinajstić information content (AvgIpc) is 2.97. The van der Waals surface area contributed by atoms with Crippen molar-refractivity contribution in [2.24, 2.45) is 0 Å². The van der Waals surface area contributed by atoms with Crippen molar-refractivity contribution < 1.29 is 4.79 Å². The third-order valence-electron chi connectivity index (χ3n) is 3.89. The molecule has 1 aliphatic rings. The number of thiophene rings is 1. The van der Waals surface area contributed by atoms with Gasteiger partial charge >= 0.3 is 0 Å². The maximum Gasteiger partial charge on any atom is 0.203 e. The number of rotatable bonds is 2. The topological polar surface area (TPSA) is 17.1 Å². The van der Waals surface area contributed by atoms with Crippen LogP contribution in [0.2, 0.25) is 0 Å². The highest BCUT2D eigenvalue weighted by atomic mass is 32.2. The van der Waals surface area contributed by atoms with Gasteiger partial charge in [0.05, 0.1) is 4.88 Å². The first kappa shape index (κ1) is 13.1. The van der Waals surface area contributed by atoms with Crippen molar-refractivity contribution in [3.05, 3.63) is 69.4 Å². The summed E-state index contributed by atoms with van der Waals surface area (Å²) in [4.78, 5) is 15.2. The zero-order chi connectivity index (χ0) is 14.2. The Morgan fingerprint density at radius 1 is 1.05 bits per heavy atom. The van der Waals surface area contributed by atoms with Crippen LogP contribution in [0.25, 0.3) is 10.8 Å². The first-order valence-corrected chi connectivity index (χ1v) is 9.02. The van der Waals surface area contributed by atoms with Crippen LogP contribution >= 0.6 is 23.1 Å². The summed E-state index contributed by atoms with van der Waals surface area (Å²) in [5.74, 6) is 2.39. The second-order valence-corrected chi connectivity index (χ2v) is 7.46. The molecule has 0 atom stereocenters. The molecule has 4 rings (SSSR count). The van der Waals surface area contributed by atoms with Crippen molar-refractivity contribution >= 4 is 39.7 Å². The van der Waals surface area contributed by atoms with Gasteiger partial charge < -0.3 is 0 Å². The Labute approximate surface area is 132 Å². The predicted molar refractivity (Wildman–Crippen MR) is 91.6 cm³/mol. The molecule has 1 aromatic heterocycles. The maximum atomic E-state index is 12.9. The minimum atomic E-state index is 0.163. The lowest BCUT2D eigenvalue weighted by molar-refractivity contribution is 0.104. The van der Waals surface area contributed by atoms with Gasteiger partial charge in [-0.1, -0.05) is 42.5 Å². The van der Waals surface area contributed by atoms with Crippen molar-refractivity contribution in [1.29, 1.82) is 0 Å². The lowest BCUT2D eigenvalue weighted by atomic mass is 10.0. The molecule has 0 radical (unpaired) electrons. The minimum absolute atomic E-state index is 0.163. The van der Waals surface area contributed by atoms with Gasteiger partial charge in [-0.3, -0.25) is 4.79 Å². The highest BCUT2D eigenvalue weighted by molar-refractivity contribution is 7.98. The molecule has 2 aromatic carbocycles. The van der Waals surface area contributed by atoms with Crippen LogP contribution in [0.5, 0.6) is 0 Å². The highest BCUT2D eigenvalue weighted by Gasteiger charge is 2.19. The SMILES string of the molecule is O=C(c1cc2c(s1)CCSC2)c1cccc2ccccc12. The summed E-state index contributed by atoms with van der Waals surface area (Å²) < 4.78 is 0. The van der Waals surface area contributed by atoms with Crippen LogP contribution in [-0.4, -0.2) is 11.5 Å². The first-order valence-electron chi connectivity index (χ1n) is 7.05. The maximum absolute atomic E-state index is 12.9. The average molecular weight is 310 g/mol. The van der Waals surface area contributed by atoms with Crippen LogP contribution in [0.1, 0.15) is 25.7 Å². The van der Waals surface area contributed by atoms with Crippen LogP contribution in [0, 0.1) is 0 Å². The van der Waals surface area contributed by atoms with E-state index in [1.54, 1.807) is 11.3 Å². The van der Waals surface area contributed by atoms with Gasteiger partial charge in [0.2, 0.25) is 5.78 Å². The van der Waals surface area contributed by atoms with Gasteiger partial charge in [0.15, 0.2) is 0 Å². The van der Waals surface area contributed by atoms with Crippen LogP contribution in [0.4, 0.5) is 0 Å². The van der Waals surface area contributed by atoms with E-state index in [1.165, 1.54) is 16.2 Å². The minimum Gasteiger partial charge on any atom is -0.288 e. The fourth-order valence-corrected chi connectivity index (χ4v) is 5.14. The summed E-state index contributed by atoms with van der Waals surface area (Å²) in [5.41, 5.74) is 2.18. The van der Waals surface area contributed by atoms with E-state index in [1.807, 2.05) is 42.1 Å². The third-order valence-corrected chi connectivity index (χ3v) is 6.13. The monoisotopic (exact) mass is 310 g/mol. The van der Waals surface area contributed by atoms with E-state index in [-0.39, 0.29) is 5.78 Å². The Bertz CT molecular complexity index is 803. The standard InChI is InChI=1S/C18H14OS2/c19-18(17-10-13-11-20-9-8-16(13)21-17)15-7-3-5-12-4-1-2-6-14(12)15/h1-7,10H,8-9,11H2. The normalized spacial score (nSPS) is 14.1. The number of thioether (sulfide) groups is 1. The largest absolute Gasteiger partial charge is 0.288 e. The van der Waals surface area contributed by atoms with E-state index in [4.69, 9.17) is 0 Å². The first-order chi connectivity index (χ1) is 10.3. The summed E-state index contributed by atoms with van der Waals surface area (Å²) in [7, 11) is 0. The molecule has 0 bridgehead atoms. The summed E-state index contributed by atoms with van der Waals surface area (Å²) in [5, 5.41) is 2.17. The van der Waals surface area contributed by atoms with Gasteiger partial charge in [-0.05, 0) is 34.6 Å². The van der Waals surface area contributed by atoms with Crippen molar-refractivity contribution in [1.82, 2.24) is 0 Å². The third kappa shape index (κ3) is 2.30. The van der Waals surface area contributed by atoms with Crippen molar-refractivity contribution in [2.75, 3.05) is 5.75 Å². The zero-order valence-electron chi connectivity index (χ0n) is 11.5. The number of carbonyl (C=O) groups excluding carboxylic acids is 1. The van der Waals surface area contributed by atoms with E-state index < -0.39 is 0 Å². The molecule has 0 N–H and O–H groups in total. The molecular formula is C18H14OS2. The summed E-state index contributed by atoms with van der Waals surface area (Å²) in [6.45, 7) is 0. The number of ketones is 1. The number of aryl methyl sites for hydroxylation is 1. The second-order valence-electron chi connectivity index (χ2n) is 5.22. The van der Waals surface area contributed by atoms with E-state index in [9.17, 15) is 4.79 Å². The number of hydrogen-bond donors (Lipinski definition) is 0. The van der Waals surface area contributed by atoms with Gasteiger partial charge in [-0.15, -0.1) is 11.3 Å². The Hall–Kier alpha value is -1.58. The highest BCUT2D eigenvalue weighted by Crippen LogP contribution is 2.33. The number of fused-ring (bicyclic) bond motifs is 2. The zero-order valence-corrected chi connectivity index (χ0v) is 13.1. The van der Waals surface area contributed by atoms with E-state index >= 15 is 0 Å². The predicted octanol–water partition coefficient (Wildman–Crippen LogP) is 4.92. The molecule has 0 saturated heterocycles. The van der Waals surface area contributed by atoms with Crippen molar-refractivity contribution in [3.8, 4) is 0 Å². The molecule has 3 heteroatoms. The summed E-state index contributed by atoms with van der Waals surface area (Å²) in [6.07, 6.45) is 1.10. The van der Waals surface area contributed by atoms with Crippen LogP contribution in [0.15, 0.2) is 48.5 Å². The van der Waals surface area contributed by atoms with Gasteiger partial charge in [0.25, 0.3) is 0 Å². The number of hydrogen-bond acceptors (Lipinski definition) is 3. The number of carbonyl (C=O) groups is 1. The molecule has 0 aliphatic carbocycles. The molecule has 0 fully saturated rings. The Morgan fingerprint density at radius 2 is 1.90 bits per heavy atom. The molecular weight excluding hydrogens is 296 g/mol. The molecule has 1 aliphatic heterocycles. The molecule has 3 aromatic rings. The molecule has 21 heavy (non-hydrogen) atoms. The Kier molecular flexibility index (Phi) is 3.32. The summed E-state index contributed by atoms with van der Waals surface area (Å²) >= 11 is 3.64. The lowest BCUT2D eigenvalue weighted by Gasteiger charge is -2.08. The van der Waals surface area contributed by atoms with Gasteiger partial charge in [0.1, 0.15) is 0 Å². The fraction of sp³-hybridized carbons (Fsp3) is 0.167. The van der Waals surface area contributed by atoms with E-state index in [2.05, 4.69) is 18.2 Å². The van der Waals surface area contributed by atoms with E-state index in [0.717, 1.165) is 33.4 Å². The second kappa shape index (κ2) is 5.32. The Balaban J connectivity index is 1.81. The lowest BCUT2D eigenvalue weighted by Crippen LogP contribution is -1.99. The number of benzene rings is 2. The fourth-order valence-electron chi connectivity index (χ4n) is 2.82. The molecule has 104 valence electrons. The molecule has 2 heterocycles. The molecule has 0 spiro atoms. The van der Waals surface area contributed by atoms with Gasteiger partial charge in [-0.25, -0.2) is 0 Å². The molecule has 1 nitrogen and oxygen atoms in total. The van der Waals surface area contributed by atoms with Crippen LogP contribution < -0.4 is 0 Å².